The molecule has 0 aliphatic carbocycles. The molecule has 1 atom stereocenters. The second kappa shape index (κ2) is 5.97. The molecule has 2 aromatic carbocycles. The molecule has 0 radical (unpaired) electrons. The molecule has 1 amide bonds. The van der Waals surface area contributed by atoms with Gasteiger partial charge in [-0.1, -0.05) is 29.8 Å². The van der Waals surface area contributed by atoms with Crippen LogP contribution in [-0.2, 0) is 11.2 Å². The highest BCUT2D eigenvalue weighted by atomic mass is 35.5. The fourth-order valence-corrected chi connectivity index (χ4v) is 2.90. The first-order valence-corrected chi connectivity index (χ1v) is 7.42. The van der Waals surface area contributed by atoms with E-state index in [2.05, 4.69) is 0 Å². The Morgan fingerprint density at radius 1 is 1.36 bits per heavy atom. The summed E-state index contributed by atoms with van der Waals surface area (Å²) in [6.45, 7) is 1.90. The molecule has 0 fully saturated rings. The Morgan fingerprint density at radius 2 is 2.14 bits per heavy atom. The van der Waals surface area contributed by atoms with Crippen LogP contribution >= 0.6 is 11.6 Å². The molecule has 5 heteroatoms. The van der Waals surface area contributed by atoms with Crippen molar-refractivity contribution in [1.82, 2.24) is 0 Å². The summed E-state index contributed by atoms with van der Waals surface area (Å²) in [6, 6.07) is 12.0. The van der Waals surface area contributed by atoms with Crippen LogP contribution in [0, 0.1) is 5.82 Å². The van der Waals surface area contributed by atoms with E-state index in [9.17, 15) is 9.18 Å². The van der Waals surface area contributed by atoms with Gasteiger partial charge in [0.15, 0.2) is 6.61 Å². The van der Waals surface area contributed by atoms with Crippen LogP contribution in [0.3, 0.4) is 0 Å². The Morgan fingerprint density at radius 3 is 2.91 bits per heavy atom. The summed E-state index contributed by atoms with van der Waals surface area (Å²) < 4.78 is 18.5. The fraction of sp³-hybridized carbons (Fsp3) is 0.235. The molecule has 0 aromatic heterocycles. The number of hydrogen-bond acceptors (Lipinski definition) is 2. The Balaban J connectivity index is 1.71. The van der Waals surface area contributed by atoms with E-state index in [0.29, 0.717) is 5.75 Å². The molecule has 22 heavy (non-hydrogen) atoms. The molecule has 1 aliphatic heterocycles. The smallest absolute Gasteiger partial charge is 0.265 e. The van der Waals surface area contributed by atoms with Gasteiger partial charge < -0.3 is 9.64 Å². The summed E-state index contributed by atoms with van der Waals surface area (Å²) in [6.07, 6.45) is 0.838. The van der Waals surface area contributed by atoms with Gasteiger partial charge in [-0.15, -0.1) is 0 Å². The van der Waals surface area contributed by atoms with Gasteiger partial charge in [0.1, 0.15) is 11.6 Å². The molecule has 0 spiro atoms. The number of carbonyl (C=O) groups excluding carboxylic acids is 1. The predicted molar refractivity (Wildman–Crippen MR) is 84.0 cm³/mol. The molecule has 0 saturated heterocycles. The van der Waals surface area contributed by atoms with E-state index >= 15 is 0 Å². The zero-order valence-corrected chi connectivity index (χ0v) is 12.8. The molecule has 114 valence electrons. The minimum Gasteiger partial charge on any atom is -0.484 e. The summed E-state index contributed by atoms with van der Waals surface area (Å²) in [5.74, 6) is -0.264. The number of hydrogen-bond donors (Lipinski definition) is 0. The third-order valence-electron chi connectivity index (χ3n) is 3.73. The average Bonchev–Trinajstić information content (AvgIpc) is 2.84. The van der Waals surface area contributed by atoms with Crippen LogP contribution in [0.15, 0.2) is 42.5 Å². The van der Waals surface area contributed by atoms with Gasteiger partial charge in [-0.3, -0.25) is 4.79 Å². The van der Waals surface area contributed by atoms with Gasteiger partial charge in [0.05, 0.1) is 5.02 Å². The van der Waals surface area contributed by atoms with Crippen molar-refractivity contribution in [2.24, 2.45) is 0 Å². The second-order valence-corrected chi connectivity index (χ2v) is 5.72. The Hall–Kier alpha value is -2.07. The van der Waals surface area contributed by atoms with Crippen molar-refractivity contribution < 1.29 is 13.9 Å². The van der Waals surface area contributed by atoms with Crippen LogP contribution in [0.1, 0.15) is 12.5 Å². The van der Waals surface area contributed by atoms with Crippen molar-refractivity contribution in [3.8, 4) is 5.75 Å². The maximum atomic E-state index is 13.1. The third-order valence-corrected chi connectivity index (χ3v) is 4.02. The molecule has 3 nitrogen and oxygen atoms in total. The molecular weight excluding hydrogens is 305 g/mol. The lowest BCUT2D eigenvalue weighted by atomic mass is 10.1. The van der Waals surface area contributed by atoms with Crippen LogP contribution in [0.25, 0.3) is 0 Å². The van der Waals surface area contributed by atoms with Gasteiger partial charge in [0.25, 0.3) is 5.91 Å². The fourth-order valence-electron chi connectivity index (χ4n) is 2.73. The Bertz CT molecular complexity index is 720. The molecule has 1 heterocycles. The quantitative estimate of drug-likeness (QED) is 0.860. The van der Waals surface area contributed by atoms with Crippen LogP contribution < -0.4 is 9.64 Å². The zero-order chi connectivity index (χ0) is 15.7. The maximum Gasteiger partial charge on any atom is 0.265 e. The van der Waals surface area contributed by atoms with Crippen LogP contribution in [0.5, 0.6) is 5.75 Å². The van der Waals surface area contributed by atoms with Gasteiger partial charge in [0.2, 0.25) is 0 Å². The largest absolute Gasteiger partial charge is 0.484 e. The summed E-state index contributed by atoms with van der Waals surface area (Å²) in [5.41, 5.74) is 2.09. The normalized spacial score (nSPS) is 16.5. The molecule has 1 aliphatic rings. The van der Waals surface area contributed by atoms with E-state index in [1.54, 1.807) is 4.90 Å². The van der Waals surface area contributed by atoms with E-state index < -0.39 is 5.82 Å². The number of para-hydroxylation sites is 1. The first-order chi connectivity index (χ1) is 10.6. The summed E-state index contributed by atoms with van der Waals surface area (Å²) in [5, 5.41) is -0.0233. The number of carbonyl (C=O) groups is 1. The van der Waals surface area contributed by atoms with Gasteiger partial charge in [-0.2, -0.15) is 0 Å². The number of rotatable bonds is 3. The van der Waals surface area contributed by atoms with Crippen molar-refractivity contribution in [1.29, 1.82) is 0 Å². The number of nitrogens with zero attached hydrogens (tertiary/aromatic N) is 1. The van der Waals surface area contributed by atoms with Gasteiger partial charge in [-0.25, -0.2) is 4.39 Å². The minimum atomic E-state index is -0.512. The van der Waals surface area contributed by atoms with E-state index in [1.165, 1.54) is 18.2 Å². The van der Waals surface area contributed by atoms with Gasteiger partial charge in [0, 0.05) is 17.8 Å². The summed E-state index contributed by atoms with van der Waals surface area (Å²) in [4.78, 5) is 14.2. The standard InChI is InChI=1S/C17H15ClFNO2/c1-11-8-12-4-2-3-5-16(12)20(11)17(21)10-22-13-6-7-15(19)14(18)9-13/h2-7,9,11H,8,10H2,1H3. The van der Waals surface area contributed by atoms with E-state index in [1.807, 2.05) is 31.2 Å². The topological polar surface area (TPSA) is 29.5 Å². The van der Waals surface area contributed by atoms with Crippen molar-refractivity contribution in [2.75, 3.05) is 11.5 Å². The van der Waals surface area contributed by atoms with Crippen LogP contribution in [0.4, 0.5) is 10.1 Å². The maximum absolute atomic E-state index is 13.1. The molecule has 3 rings (SSSR count). The zero-order valence-electron chi connectivity index (χ0n) is 12.1. The lowest BCUT2D eigenvalue weighted by molar-refractivity contribution is -0.120. The van der Waals surface area contributed by atoms with Crippen molar-refractivity contribution >= 4 is 23.2 Å². The number of anilines is 1. The van der Waals surface area contributed by atoms with E-state index in [4.69, 9.17) is 16.3 Å². The molecule has 0 bridgehead atoms. The monoisotopic (exact) mass is 319 g/mol. The predicted octanol–water partition coefficient (Wildman–Crippen LogP) is 3.84. The lowest BCUT2D eigenvalue weighted by Gasteiger charge is -2.22. The number of amides is 1. The average molecular weight is 320 g/mol. The third kappa shape index (κ3) is 2.79. The SMILES string of the molecule is CC1Cc2ccccc2N1C(=O)COc1ccc(F)c(Cl)c1. The van der Waals surface area contributed by atoms with Crippen molar-refractivity contribution in [3.63, 3.8) is 0 Å². The molecule has 0 saturated carbocycles. The van der Waals surface area contributed by atoms with E-state index in [-0.39, 0.29) is 23.6 Å². The Kier molecular flexibility index (Phi) is 4.03. The van der Waals surface area contributed by atoms with Crippen LogP contribution in [0.2, 0.25) is 5.02 Å². The minimum absolute atomic E-state index is 0.0233. The second-order valence-electron chi connectivity index (χ2n) is 5.31. The molecular formula is C17H15ClFNO2. The molecule has 2 aromatic rings. The lowest BCUT2D eigenvalue weighted by Crippen LogP contribution is -2.39. The highest BCUT2D eigenvalue weighted by Crippen LogP contribution is 2.32. The Labute approximate surface area is 133 Å². The highest BCUT2D eigenvalue weighted by molar-refractivity contribution is 6.30. The number of ether oxygens (including phenoxy) is 1. The molecule has 0 N–H and O–H groups in total. The first-order valence-electron chi connectivity index (χ1n) is 7.04. The van der Waals surface area contributed by atoms with Crippen molar-refractivity contribution in [2.45, 2.75) is 19.4 Å². The van der Waals surface area contributed by atoms with Crippen molar-refractivity contribution in [3.05, 3.63) is 58.9 Å². The number of halogens is 2. The summed E-state index contributed by atoms with van der Waals surface area (Å²) >= 11 is 5.70. The number of fused-ring (bicyclic) bond motifs is 1. The first kappa shape index (κ1) is 14.9. The van der Waals surface area contributed by atoms with Gasteiger partial charge in [-0.05, 0) is 37.1 Å². The van der Waals surface area contributed by atoms with E-state index in [0.717, 1.165) is 17.7 Å². The van der Waals surface area contributed by atoms with Crippen LogP contribution in [-0.4, -0.2) is 18.6 Å². The summed E-state index contributed by atoms with van der Waals surface area (Å²) in [7, 11) is 0. The van der Waals surface area contributed by atoms with Gasteiger partial charge >= 0.3 is 0 Å². The number of benzene rings is 2. The highest BCUT2D eigenvalue weighted by Gasteiger charge is 2.30. The molecule has 1 unspecified atom stereocenters.